The Morgan fingerprint density at radius 3 is 2.58 bits per heavy atom. The van der Waals surface area contributed by atoms with E-state index >= 15 is 0 Å². The zero-order valence-electron chi connectivity index (χ0n) is 14.7. The predicted molar refractivity (Wildman–Crippen MR) is 100 cm³/mol. The third-order valence-corrected chi connectivity index (χ3v) is 4.87. The number of hydrogen-bond acceptors (Lipinski definition) is 3. The van der Waals surface area contributed by atoms with E-state index in [1.54, 1.807) is 23.1 Å². The molecule has 2 aromatic rings. The second-order valence-electron chi connectivity index (χ2n) is 7.09. The molecule has 0 aliphatic carbocycles. The highest BCUT2D eigenvalue weighted by Gasteiger charge is 2.41. The SMILES string of the molecule is CC(C)(Cc1ccc(C(N)=O)cc1)N1C[C@@H](c2cccc(Cl)c2)OC1=O. The molecule has 1 heterocycles. The molecule has 0 spiro atoms. The van der Waals surface area contributed by atoms with Crippen molar-refractivity contribution in [2.75, 3.05) is 6.54 Å². The van der Waals surface area contributed by atoms with E-state index in [1.807, 2.05) is 44.2 Å². The van der Waals surface area contributed by atoms with Crippen molar-refractivity contribution in [3.8, 4) is 0 Å². The second-order valence-corrected chi connectivity index (χ2v) is 7.52. The van der Waals surface area contributed by atoms with Gasteiger partial charge in [0.2, 0.25) is 5.91 Å². The van der Waals surface area contributed by atoms with Crippen molar-refractivity contribution < 1.29 is 14.3 Å². The Kier molecular flexibility index (Phi) is 4.92. The molecule has 3 rings (SSSR count). The molecule has 136 valence electrons. The minimum atomic E-state index is -0.455. The first-order chi connectivity index (χ1) is 12.3. The van der Waals surface area contributed by atoms with Crippen molar-refractivity contribution >= 4 is 23.6 Å². The van der Waals surface area contributed by atoms with Crippen LogP contribution in [0.4, 0.5) is 4.79 Å². The summed E-state index contributed by atoms with van der Waals surface area (Å²) >= 11 is 6.04. The minimum absolute atomic E-state index is 0.335. The van der Waals surface area contributed by atoms with Crippen molar-refractivity contribution in [1.82, 2.24) is 4.90 Å². The van der Waals surface area contributed by atoms with Gasteiger partial charge in [-0.25, -0.2) is 4.79 Å². The first-order valence-electron chi connectivity index (χ1n) is 8.39. The van der Waals surface area contributed by atoms with Gasteiger partial charge in [0.05, 0.1) is 6.54 Å². The van der Waals surface area contributed by atoms with E-state index < -0.39 is 11.4 Å². The van der Waals surface area contributed by atoms with Crippen LogP contribution in [-0.2, 0) is 11.2 Å². The first kappa shape index (κ1) is 18.3. The summed E-state index contributed by atoms with van der Waals surface area (Å²) in [4.78, 5) is 25.4. The molecule has 0 bridgehead atoms. The molecule has 1 aliphatic heterocycles. The summed E-state index contributed by atoms with van der Waals surface area (Å²) in [5, 5.41) is 0.616. The molecule has 1 aliphatic rings. The number of ether oxygens (including phenoxy) is 1. The van der Waals surface area contributed by atoms with Gasteiger partial charge >= 0.3 is 6.09 Å². The third kappa shape index (κ3) is 3.83. The van der Waals surface area contributed by atoms with Crippen molar-refractivity contribution in [2.24, 2.45) is 5.73 Å². The molecule has 2 aromatic carbocycles. The molecule has 0 saturated carbocycles. The molecule has 6 heteroatoms. The normalized spacial score (nSPS) is 17.3. The van der Waals surface area contributed by atoms with E-state index in [2.05, 4.69) is 0 Å². The van der Waals surface area contributed by atoms with Gasteiger partial charge in [0.1, 0.15) is 6.10 Å². The molecule has 0 unspecified atom stereocenters. The summed E-state index contributed by atoms with van der Waals surface area (Å²) < 4.78 is 5.56. The number of carbonyl (C=O) groups is 2. The number of nitrogens with zero attached hydrogens (tertiary/aromatic N) is 1. The van der Waals surface area contributed by atoms with Crippen LogP contribution in [0.15, 0.2) is 48.5 Å². The lowest BCUT2D eigenvalue weighted by Crippen LogP contribution is -2.46. The molecule has 2 N–H and O–H groups in total. The average Bonchev–Trinajstić information content (AvgIpc) is 2.98. The van der Waals surface area contributed by atoms with Gasteiger partial charge in [0.25, 0.3) is 0 Å². The number of halogens is 1. The average molecular weight is 373 g/mol. The Bertz CT molecular complexity index is 833. The van der Waals surface area contributed by atoms with Crippen LogP contribution in [0.1, 0.15) is 41.4 Å². The van der Waals surface area contributed by atoms with E-state index in [9.17, 15) is 9.59 Å². The number of benzene rings is 2. The molecule has 1 atom stereocenters. The molecular weight excluding hydrogens is 352 g/mol. The molecule has 0 aromatic heterocycles. The Hall–Kier alpha value is -2.53. The van der Waals surface area contributed by atoms with E-state index in [4.69, 9.17) is 22.1 Å². The lowest BCUT2D eigenvalue weighted by molar-refractivity contribution is 0.1000. The fourth-order valence-electron chi connectivity index (χ4n) is 3.22. The van der Waals surface area contributed by atoms with Gasteiger partial charge in [-0.3, -0.25) is 9.69 Å². The summed E-state index contributed by atoms with van der Waals surface area (Å²) in [5.41, 5.74) is 7.19. The number of cyclic esters (lactones) is 1. The molecule has 5 nitrogen and oxygen atoms in total. The van der Waals surface area contributed by atoms with Crippen LogP contribution in [0.5, 0.6) is 0 Å². The molecule has 2 amide bonds. The highest BCUT2D eigenvalue weighted by molar-refractivity contribution is 6.30. The van der Waals surface area contributed by atoms with Gasteiger partial charge in [0, 0.05) is 16.1 Å². The number of hydrogen-bond donors (Lipinski definition) is 1. The third-order valence-electron chi connectivity index (χ3n) is 4.64. The van der Waals surface area contributed by atoms with Crippen LogP contribution < -0.4 is 5.73 Å². The van der Waals surface area contributed by atoms with Gasteiger partial charge in [-0.2, -0.15) is 0 Å². The van der Waals surface area contributed by atoms with Crippen LogP contribution in [0, 0.1) is 0 Å². The van der Waals surface area contributed by atoms with E-state index in [0.29, 0.717) is 23.6 Å². The molecule has 0 radical (unpaired) electrons. The molecule has 26 heavy (non-hydrogen) atoms. The number of nitrogens with two attached hydrogens (primary N) is 1. The monoisotopic (exact) mass is 372 g/mol. The lowest BCUT2D eigenvalue weighted by atomic mass is 9.92. The Labute approximate surface area is 157 Å². The number of primary amides is 1. The predicted octanol–water partition coefficient (Wildman–Crippen LogP) is 3.95. The van der Waals surface area contributed by atoms with Crippen LogP contribution in [0.25, 0.3) is 0 Å². The van der Waals surface area contributed by atoms with Crippen LogP contribution in [0.2, 0.25) is 5.02 Å². The quantitative estimate of drug-likeness (QED) is 0.863. The van der Waals surface area contributed by atoms with Crippen LogP contribution >= 0.6 is 11.6 Å². The fourth-order valence-corrected chi connectivity index (χ4v) is 3.42. The maximum atomic E-state index is 12.4. The lowest BCUT2D eigenvalue weighted by Gasteiger charge is -2.33. The van der Waals surface area contributed by atoms with Crippen LogP contribution in [-0.4, -0.2) is 29.0 Å². The summed E-state index contributed by atoms with van der Waals surface area (Å²) in [6.45, 7) is 4.46. The maximum absolute atomic E-state index is 12.4. The maximum Gasteiger partial charge on any atom is 0.411 e. The molecule has 1 saturated heterocycles. The Balaban J connectivity index is 1.74. The van der Waals surface area contributed by atoms with E-state index in [-0.39, 0.29) is 12.2 Å². The standard InChI is InChI=1S/C20H21ClN2O3/c1-20(2,11-13-6-8-14(9-7-13)18(22)24)23-12-17(26-19(23)25)15-4-3-5-16(21)10-15/h3-10,17H,11-12H2,1-2H3,(H2,22,24)/t17-/m0/s1. The Morgan fingerprint density at radius 2 is 1.96 bits per heavy atom. The van der Waals surface area contributed by atoms with Crippen molar-refractivity contribution in [3.05, 3.63) is 70.2 Å². The topological polar surface area (TPSA) is 72.6 Å². The van der Waals surface area contributed by atoms with Crippen molar-refractivity contribution in [1.29, 1.82) is 0 Å². The zero-order chi connectivity index (χ0) is 18.9. The van der Waals surface area contributed by atoms with Crippen molar-refractivity contribution in [3.63, 3.8) is 0 Å². The van der Waals surface area contributed by atoms with Crippen molar-refractivity contribution in [2.45, 2.75) is 31.9 Å². The highest BCUT2D eigenvalue weighted by Crippen LogP contribution is 2.33. The second kappa shape index (κ2) is 7.00. The van der Waals surface area contributed by atoms with Gasteiger partial charge < -0.3 is 10.5 Å². The van der Waals surface area contributed by atoms with Crippen LogP contribution in [0.3, 0.4) is 0 Å². The van der Waals surface area contributed by atoms with Gasteiger partial charge in [0.15, 0.2) is 0 Å². The summed E-state index contributed by atoms with van der Waals surface area (Å²) in [6, 6.07) is 14.5. The number of amides is 2. The van der Waals surface area contributed by atoms with Gasteiger partial charge in [-0.05, 0) is 55.7 Å². The first-order valence-corrected chi connectivity index (χ1v) is 8.76. The fraction of sp³-hybridized carbons (Fsp3) is 0.300. The molecule has 1 fully saturated rings. The van der Waals surface area contributed by atoms with E-state index in [0.717, 1.165) is 11.1 Å². The highest BCUT2D eigenvalue weighted by atomic mass is 35.5. The van der Waals surface area contributed by atoms with E-state index in [1.165, 1.54) is 0 Å². The summed E-state index contributed by atoms with van der Waals surface area (Å²) in [5.74, 6) is -0.455. The number of rotatable bonds is 5. The smallest absolute Gasteiger partial charge is 0.411 e. The summed E-state index contributed by atoms with van der Waals surface area (Å²) in [7, 11) is 0. The summed E-state index contributed by atoms with van der Waals surface area (Å²) in [6.07, 6.45) is -0.0462. The van der Waals surface area contributed by atoms with Gasteiger partial charge in [-0.1, -0.05) is 35.9 Å². The number of carbonyl (C=O) groups excluding carboxylic acids is 2. The van der Waals surface area contributed by atoms with Gasteiger partial charge in [-0.15, -0.1) is 0 Å². The minimum Gasteiger partial charge on any atom is -0.439 e. The Morgan fingerprint density at radius 1 is 1.27 bits per heavy atom. The molecular formula is C20H21ClN2O3. The largest absolute Gasteiger partial charge is 0.439 e. The zero-order valence-corrected chi connectivity index (χ0v) is 15.5.